The van der Waals surface area contributed by atoms with Gasteiger partial charge in [-0.05, 0) is 25.1 Å². The number of nitriles is 1. The van der Waals surface area contributed by atoms with Gasteiger partial charge in [-0.1, -0.05) is 17.3 Å². The summed E-state index contributed by atoms with van der Waals surface area (Å²) in [5.74, 6) is 0. The Kier molecular flexibility index (Phi) is 3.48. The van der Waals surface area contributed by atoms with Gasteiger partial charge in [0.2, 0.25) is 0 Å². The van der Waals surface area contributed by atoms with E-state index in [9.17, 15) is 0 Å². The second kappa shape index (κ2) is 5.23. The van der Waals surface area contributed by atoms with Crippen molar-refractivity contribution in [3.05, 3.63) is 36.0 Å². The summed E-state index contributed by atoms with van der Waals surface area (Å²) in [6.45, 7) is 1.40. The summed E-state index contributed by atoms with van der Waals surface area (Å²) in [5.41, 5.74) is 7.74. The van der Waals surface area contributed by atoms with E-state index < -0.39 is 0 Å². The zero-order chi connectivity index (χ0) is 12.1. The van der Waals surface area contributed by atoms with Crippen molar-refractivity contribution in [2.45, 2.75) is 13.0 Å². The highest BCUT2D eigenvalue weighted by atomic mass is 15.4. The minimum absolute atomic E-state index is 0.624. The molecule has 2 N–H and O–H groups in total. The molecule has 2 rings (SSSR count). The molecule has 0 unspecified atom stereocenters. The number of hydrogen-bond donors (Lipinski definition) is 1. The first-order chi connectivity index (χ1) is 8.33. The highest BCUT2D eigenvalue weighted by molar-refractivity contribution is 5.60. The molecule has 0 radical (unpaired) electrons. The molecule has 1 aromatic heterocycles. The third-order valence-electron chi connectivity index (χ3n) is 2.42. The third kappa shape index (κ3) is 2.68. The summed E-state index contributed by atoms with van der Waals surface area (Å²) in [6.07, 6.45) is 2.74. The molecule has 0 aliphatic heterocycles. The number of benzene rings is 1. The van der Waals surface area contributed by atoms with E-state index in [2.05, 4.69) is 16.4 Å². The summed E-state index contributed by atoms with van der Waals surface area (Å²) in [4.78, 5) is 0. The Morgan fingerprint density at radius 1 is 1.41 bits per heavy atom. The van der Waals surface area contributed by atoms with Crippen molar-refractivity contribution in [3.63, 3.8) is 0 Å². The molecule has 1 aromatic carbocycles. The van der Waals surface area contributed by atoms with Crippen LogP contribution < -0.4 is 5.73 Å². The highest BCUT2D eigenvalue weighted by Gasteiger charge is 2.04. The molecule has 86 valence electrons. The van der Waals surface area contributed by atoms with Crippen molar-refractivity contribution in [1.82, 2.24) is 15.0 Å². The zero-order valence-electron chi connectivity index (χ0n) is 9.37. The van der Waals surface area contributed by atoms with E-state index in [1.807, 2.05) is 18.3 Å². The van der Waals surface area contributed by atoms with Gasteiger partial charge in [-0.15, -0.1) is 5.10 Å². The van der Waals surface area contributed by atoms with Gasteiger partial charge < -0.3 is 5.73 Å². The Hall–Kier alpha value is -2.19. The predicted molar refractivity (Wildman–Crippen MR) is 63.8 cm³/mol. The van der Waals surface area contributed by atoms with E-state index >= 15 is 0 Å². The molecule has 2 aromatic rings. The topological polar surface area (TPSA) is 80.5 Å². The van der Waals surface area contributed by atoms with Gasteiger partial charge in [0.1, 0.15) is 5.69 Å². The standard InChI is InChI=1S/C12H13N5/c13-5-2-6-17-9-12(15-16-17)11-4-1-3-10(7-11)8-14/h1,3-4,7,9H,2,5-6,13H2. The molecular formula is C12H13N5. The second-order valence-corrected chi connectivity index (χ2v) is 3.70. The maximum absolute atomic E-state index is 8.83. The Labute approximate surface area is 99.5 Å². The molecule has 0 saturated carbocycles. The maximum atomic E-state index is 8.83. The Morgan fingerprint density at radius 3 is 3.06 bits per heavy atom. The SMILES string of the molecule is N#Cc1cccc(-c2cn(CCCN)nn2)c1. The molecule has 0 atom stereocenters. The van der Waals surface area contributed by atoms with Gasteiger partial charge >= 0.3 is 0 Å². The average molecular weight is 227 g/mol. The van der Waals surface area contributed by atoms with E-state index in [0.717, 1.165) is 24.2 Å². The Morgan fingerprint density at radius 2 is 2.29 bits per heavy atom. The van der Waals surface area contributed by atoms with Crippen LogP contribution in [0.5, 0.6) is 0 Å². The fourth-order valence-corrected chi connectivity index (χ4v) is 1.54. The van der Waals surface area contributed by atoms with Crippen LogP contribution in [0.1, 0.15) is 12.0 Å². The van der Waals surface area contributed by atoms with E-state index in [-0.39, 0.29) is 0 Å². The van der Waals surface area contributed by atoms with Crippen molar-refractivity contribution in [2.75, 3.05) is 6.54 Å². The van der Waals surface area contributed by atoms with Crippen molar-refractivity contribution >= 4 is 0 Å². The summed E-state index contributed by atoms with van der Waals surface area (Å²) < 4.78 is 1.77. The monoisotopic (exact) mass is 227 g/mol. The second-order valence-electron chi connectivity index (χ2n) is 3.70. The zero-order valence-corrected chi connectivity index (χ0v) is 9.37. The molecule has 5 nitrogen and oxygen atoms in total. The van der Waals surface area contributed by atoms with Crippen LogP contribution >= 0.6 is 0 Å². The summed E-state index contributed by atoms with van der Waals surface area (Å²) in [7, 11) is 0. The van der Waals surface area contributed by atoms with Crippen LogP contribution in [0.3, 0.4) is 0 Å². The quantitative estimate of drug-likeness (QED) is 0.850. The van der Waals surface area contributed by atoms with Gasteiger partial charge in [-0.3, -0.25) is 4.68 Å². The fourth-order valence-electron chi connectivity index (χ4n) is 1.54. The van der Waals surface area contributed by atoms with E-state index in [0.29, 0.717) is 12.1 Å². The lowest BCUT2D eigenvalue weighted by atomic mass is 10.1. The van der Waals surface area contributed by atoms with Crippen LogP contribution in [0.15, 0.2) is 30.5 Å². The number of aryl methyl sites for hydroxylation is 1. The van der Waals surface area contributed by atoms with Crippen LogP contribution in [-0.4, -0.2) is 21.5 Å². The summed E-state index contributed by atoms with van der Waals surface area (Å²) >= 11 is 0. The number of aromatic nitrogens is 3. The minimum atomic E-state index is 0.624. The highest BCUT2D eigenvalue weighted by Crippen LogP contribution is 2.17. The lowest BCUT2D eigenvalue weighted by Crippen LogP contribution is -2.06. The molecule has 0 aliphatic carbocycles. The molecule has 5 heteroatoms. The summed E-state index contributed by atoms with van der Waals surface area (Å²) in [6, 6.07) is 9.43. The van der Waals surface area contributed by atoms with E-state index in [1.165, 1.54) is 0 Å². The smallest absolute Gasteiger partial charge is 0.113 e. The van der Waals surface area contributed by atoms with Crippen molar-refractivity contribution < 1.29 is 0 Å². The van der Waals surface area contributed by atoms with Crippen LogP contribution in [0.2, 0.25) is 0 Å². The van der Waals surface area contributed by atoms with Crippen molar-refractivity contribution in [3.8, 4) is 17.3 Å². The number of rotatable bonds is 4. The molecular weight excluding hydrogens is 214 g/mol. The molecule has 0 fully saturated rings. The summed E-state index contributed by atoms with van der Waals surface area (Å²) in [5, 5.41) is 16.9. The third-order valence-corrected chi connectivity index (χ3v) is 2.42. The lowest BCUT2D eigenvalue weighted by Gasteiger charge is -1.97. The van der Waals surface area contributed by atoms with E-state index in [4.69, 9.17) is 11.0 Å². The minimum Gasteiger partial charge on any atom is -0.330 e. The van der Waals surface area contributed by atoms with Crippen molar-refractivity contribution in [1.29, 1.82) is 5.26 Å². The van der Waals surface area contributed by atoms with Crippen LogP contribution in [0, 0.1) is 11.3 Å². The largest absolute Gasteiger partial charge is 0.330 e. The van der Waals surface area contributed by atoms with Gasteiger partial charge in [-0.25, -0.2) is 0 Å². The first-order valence-corrected chi connectivity index (χ1v) is 5.44. The first-order valence-electron chi connectivity index (χ1n) is 5.44. The normalized spacial score (nSPS) is 10.1. The van der Waals surface area contributed by atoms with Gasteiger partial charge in [0, 0.05) is 12.1 Å². The molecule has 0 bridgehead atoms. The predicted octanol–water partition coefficient (Wildman–Crippen LogP) is 1.17. The number of hydrogen-bond acceptors (Lipinski definition) is 4. The molecule has 0 spiro atoms. The molecule has 0 saturated heterocycles. The van der Waals surface area contributed by atoms with Gasteiger partial charge in [0.25, 0.3) is 0 Å². The Balaban J connectivity index is 2.21. The Bertz CT molecular complexity index is 538. The van der Waals surface area contributed by atoms with Gasteiger partial charge in [0.15, 0.2) is 0 Å². The maximum Gasteiger partial charge on any atom is 0.113 e. The fraction of sp³-hybridized carbons (Fsp3) is 0.250. The number of nitrogens with zero attached hydrogens (tertiary/aromatic N) is 4. The van der Waals surface area contributed by atoms with E-state index in [1.54, 1.807) is 16.8 Å². The lowest BCUT2D eigenvalue weighted by molar-refractivity contribution is 0.564. The average Bonchev–Trinajstić information content (AvgIpc) is 2.85. The molecule has 17 heavy (non-hydrogen) atoms. The van der Waals surface area contributed by atoms with Gasteiger partial charge in [-0.2, -0.15) is 5.26 Å². The molecule has 0 aliphatic rings. The molecule has 0 amide bonds. The molecule has 1 heterocycles. The first kappa shape index (κ1) is 11.3. The van der Waals surface area contributed by atoms with Crippen LogP contribution in [0.25, 0.3) is 11.3 Å². The number of nitrogens with two attached hydrogens (primary N) is 1. The van der Waals surface area contributed by atoms with Crippen LogP contribution in [0.4, 0.5) is 0 Å². The van der Waals surface area contributed by atoms with Gasteiger partial charge in [0.05, 0.1) is 17.8 Å². The van der Waals surface area contributed by atoms with Crippen LogP contribution in [-0.2, 0) is 6.54 Å². The van der Waals surface area contributed by atoms with Crippen molar-refractivity contribution in [2.24, 2.45) is 5.73 Å².